The monoisotopic (exact) mass is 286 g/mol. The molecule has 0 unspecified atom stereocenters. The molecule has 0 saturated carbocycles. The number of sulfonamides is 1. The number of amides is 1. The number of para-hydroxylation sites is 2. The zero-order valence-electron chi connectivity index (χ0n) is 10.2. The molecule has 3 N–H and O–H groups in total. The molecule has 0 fully saturated rings. The highest BCUT2D eigenvalue weighted by Crippen LogP contribution is 2.22. The van der Waals surface area contributed by atoms with E-state index in [9.17, 15) is 18.0 Å². The van der Waals surface area contributed by atoms with Crippen LogP contribution in [0.25, 0.3) is 0 Å². The second-order valence-corrected chi connectivity index (χ2v) is 5.61. The molecule has 1 aromatic rings. The van der Waals surface area contributed by atoms with Crippen molar-refractivity contribution in [3.63, 3.8) is 0 Å². The number of anilines is 2. The van der Waals surface area contributed by atoms with E-state index in [0.29, 0.717) is 0 Å². The summed E-state index contributed by atoms with van der Waals surface area (Å²) in [5.41, 5.74) is 0.511. The average Bonchev–Trinajstić information content (AvgIpc) is 2.27. The van der Waals surface area contributed by atoms with Gasteiger partial charge in [-0.3, -0.25) is 14.3 Å². The number of nitrogens with one attached hydrogen (secondary N) is 2. The molecule has 0 aliphatic carbocycles. The molecule has 0 aliphatic heterocycles. The quantitative estimate of drug-likeness (QED) is 0.718. The second kappa shape index (κ2) is 6.19. The Balaban J connectivity index is 2.78. The molecule has 0 aromatic heterocycles. The molecule has 8 heteroatoms. The normalized spacial score (nSPS) is 10.8. The van der Waals surface area contributed by atoms with Gasteiger partial charge in [0.05, 0.1) is 24.1 Å². The maximum atomic E-state index is 11.5. The van der Waals surface area contributed by atoms with Gasteiger partial charge in [0.25, 0.3) is 0 Å². The van der Waals surface area contributed by atoms with Crippen LogP contribution in [0.5, 0.6) is 0 Å². The predicted molar refractivity (Wildman–Crippen MR) is 70.4 cm³/mol. The van der Waals surface area contributed by atoms with E-state index >= 15 is 0 Å². The highest BCUT2D eigenvalue weighted by molar-refractivity contribution is 7.92. The van der Waals surface area contributed by atoms with E-state index in [4.69, 9.17) is 5.11 Å². The van der Waals surface area contributed by atoms with Crippen molar-refractivity contribution in [1.29, 1.82) is 0 Å². The van der Waals surface area contributed by atoms with Crippen LogP contribution in [0.3, 0.4) is 0 Å². The molecule has 0 bridgehead atoms. The van der Waals surface area contributed by atoms with Gasteiger partial charge >= 0.3 is 5.97 Å². The third-order valence-electron chi connectivity index (χ3n) is 2.06. The Hall–Kier alpha value is -2.09. The van der Waals surface area contributed by atoms with Gasteiger partial charge in [0.1, 0.15) is 0 Å². The Bertz CT molecular complexity index is 583. The lowest BCUT2D eigenvalue weighted by molar-refractivity contribution is -0.138. The van der Waals surface area contributed by atoms with Crippen LogP contribution in [0.4, 0.5) is 11.4 Å². The van der Waals surface area contributed by atoms with Gasteiger partial charge in [0.15, 0.2) is 0 Å². The van der Waals surface area contributed by atoms with Crippen LogP contribution in [0.15, 0.2) is 24.3 Å². The van der Waals surface area contributed by atoms with Gasteiger partial charge in [0, 0.05) is 6.42 Å². The minimum Gasteiger partial charge on any atom is -0.481 e. The van der Waals surface area contributed by atoms with Crippen LogP contribution >= 0.6 is 0 Å². The van der Waals surface area contributed by atoms with E-state index < -0.39 is 21.9 Å². The third kappa shape index (κ3) is 5.87. The van der Waals surface area contributed by atoms with Crippen LogP contribution < -0.4 is 10.0 Å². The molecule has 0 atom stereocenters. The van der Waals surface area contributed by atoms with Crippen LogP contribution in [0.2, 0.25) is 0 Å². The van der Waals surface area contributed by atoms with E-state index in [0.717, 1.165) is 6.26 Å². The van der Waals surface area contributed by atoms with Crippen molar-refractivity contribution in [2.24, 2.45) is 0 Å². The minimum absolute atomic E-state index is 0.178. The van der Waals surface area contributed by atoms with Crippen molar-refractivity contribution in [2.45, 2.75) is 12.8 Å². The van der Waals surface area contributed by atoms with Crippen molar-refractivity contribution in [3.05, 3.63) is 24.3 Å². The van der Waals surface area contributed by atoms with Crippen LogP contribution in [0, 0.1) is 0 Å². The maximum Gasteiger partial charge on any atom is 0.303 e. The fourth-order valence-electron chi connectivity index (χ4n) is 1.31. The smallest absolute Gasteiger partial charge is 0.303 e. The number of carboxylic acids is 1. The molecule has 7 nitrogen and oxygen atoms in total. The van der Waals surface area contributed by atoms with Gasteiger partial charge in [-0.05, 0) is 12.1 Å². The molecular weight excluding hydrogens is 272 g/mol. The van der Waals surface area contributed by atoms with Crippen LogP contribution in [-0.2, 0) is 19.6 Å². The van der Waals surface area contributed by atoms with Gasteiger partial charge in [-0.2, -0.15) is 0 Å². The second-order valence-electron chi connectivity index (χ2n) is 3.86. The Morgan fingerprint density at radius 2 is 1.74 bits per heavy atom. The standard InChI is InChI=1S/C11H14N2O5S/c1-19(17,18)13-9-5-3-2-4-8(9)12-10(14)6-7-11(15)16/h2-5,13H,6-7H2,1H3,(H,12,14)(H,15,16). The number of carboxylic acid groups (broad SMARTS) is 1. The lowest BCUT2D eigenvalue weighted by Crippen LogP contribution is -2.16. The van der Waals surface area contributed by atoms with Gasteiger partial charge < -0.3 is 10.4 Å². The number of benzene rings is 1. The molecule has 0 radical (unpaired) electrons. The number of hydrogen-bond donors (Lipinski definition) is 3. The molecule has 0 aliphatic rings. The molecule has 1 aromatic carbocycles. The van der Waals surface area contributed by atoms with Gasteiger partial charge in [0.2, 0.25) is 15.9 Å². The lowest BCUT2D eigenvalue weighted by atomic mass is 10.2. The van der Waals surface area contributed by atoms with E-state index in [2.05, 4.69) is 10.0 Å². The average molecular weight is 286 g/mol. The summed E-state index contributed by atoms with van der Waals surface area (Å²) in [6, 6.07) is 6.25. The maximum absolute atomic E-state index is 11.5. The summed E-state index contributed by atoms with van der Waals surface area (Å²) in [4.78, 5) is 21.8. The number of hydrogen-bond acceptors (Lipinski definition) is 4. The highest BCUT2D eigenvalue weighted by Gasteiger charge is 2.10. The van der Waals surface area contributed by atoms with Crippen molar-refractivity contribution in [2.75, 3.05) is 16.3 Å². The van der Waals surface area contributed by atoms with Crippen molar-refractivity contribution in [1.82, 2.24) is 0 Å². The summed E-state index contributed by atoms with van der Waals surface area (Å²) < 4.78 is 24.6. The summed E-state index contributed by atoms with van der Waals surface area (Å²) in [5.74, 6) is -1.57. The van der Waals surface area contributed by atoms with Gasteiger partial charge in [-0.15, -0.1) is 0 Å². The lowest BCUT2D eigenvalue weighted by Gasteiger charge is -2.11. The Morgan fingerprint density at radius 1 is 1.16 bits per heavy atom. The summed E-state index contributed by atoms with van der Waals surface area (Å²) in [5, 5.41) is 10.9. The molecule has 0 spiro atoms. The zero-order chi connectivity index (χ0) is 14.5. The summed E-state index contributed by atoms with van der Waals surface area (Å²) in [7, 11) is -3.46. The summed E-state index contributed by atoms with van der Waals surface area (Å²) >= 11 is 0. The Morgan fingerprint density at radius 3 is 2.26 bits per heavy atom. The molecule has 0 heterocycles. The van der Waals surface area contributed by atoms with E-state index in [1.165, 1.54) is 12.1 Å². The van der Waals surface area contributed by atoms with Gasteiger partial charge in [-0.25, -0.2) is 8.42 Å². The SMILES string of the molecule is CS(=O)(=O)Nc1ccccc1NC(=O)CCC(=O)O. The van der Waals surface area contributed by atoms with E-state index in [-0.39, 0.29) is 24.2 Å². The summed E-state index contributed by atoms with van der Waals surface area (Å²) in [6.07, 6.45) is 0.534. The predicted octanol–water partition coefficient (Wildman–Crippen LogP) is 0.861. The largest absolute Gasteiger partial charge is 0.481 e. The Labute approximate surface area is 110 Å². The van der Waals surface area contributed by atoms with E-state index in [1.54, 1.807) is 12.1 Å². The fourth-order valence-corrected chi connectivity index (χ4v) is 1.89. The van der Waals surface area contributed by atoms with Crippen molar-refractivity contribution in [3.8, 4) is 0 Å². The first kappa shape index (κ1) is 15.0. The molecule has 1 rings (SSSR count). The van der Waals surface area contributed by atoms with Crippen LogP contribution in [-0.4, -0.2) is 31.7 Å². The fraction of sp³-hybridized carbons (Fsp3) is 0.273. The first-order chi connectivity index (χ1) is 8.78. The molecule has 1 amide bonds. The molecule has 19 heavy (non-hydrogen) atoms. The molecule has 0 saturated heterocycles. The number of carbonyl (C=O) groups is 2. The number of aliphatic carboxylic acids is 1. The topological polar surface area (TPSA) is 113 Å². The molecular formula is C11H14N2O5S. The number of rotatable bonds is 6. The van der Waals surface area contributed by atoms with Crippen LogP contribution in [0.1, 0.15) is 12.8 Å². The highest BCUT2D eigenvalue weighted by atomic mass is 32.2. The van der Waals surface area contributed by atoms with Crippen molar-refractivity contribution < 1.29 is 23.1 Å². The first-order valence-electron chi connectivity index (χ1n) is 5.36. The number of carbonyl (C=O) groups excluding carboxylic acids is 1. The summed E-state index contributed by atoms with van der Waals surface area (Å²) in [6.45, 7) is 0. The first-order valence-corrected chi connectivity index (χ1v) is 7.25. The molecule has 104 valence electrons. The Kier molecular flexibility index (Phi) is 4.87. The van der Waals surface area contributed by atoms with Gasteiger partial charge in [-0.1, -0.05) is 12.1 Å². The van der Waals surface area contributed by atoms with E-state index in [1.807, 2.05) is 0 Å². The minimum atomic E-state index is -3.46. The van der Waals surface area contributed by atoms with Crippen molar-refractivity contribution >= 4 is 33.3 Å². The zero-order valence-corrected chi connectivity index (χ0v) is 11.0. The third-order valence-corrected chi connectivity index (χ3v) is 2.65.